The van der Waals surface area contributed by atoms with Crippen LogP contribution in [-0.2, 0) is 28.8 Å². The first-order valence-electron chi connectivity index (χ1n) is 7.55. The Balaban J connectivity index is 4.72. The van der Waals surface area contributed by atoms with Crippen LogP contribution in [0.1, 0.15) is 12.8 Å². The third kappa shape index (κ3) is 11.4. The lowest BCUT2D eigenvalue weighted by atomic mass is 10.1. The number of alkyl halides is 1. The van der Waals surface area contributed by atoms with Crippen molar-refractivity contribution in [3.63, 3.8) is 0 Å². The maximum atomic E-state index is 12.0. The van der Waals surface area contributed by atoms with Gasteiger partial charge in [0.25, 0.3) is 0 Å². The molecule has 0 radical (unpaired) electrons. The molecule has 2 amide bonds. The second-order valence-electron chi connectivity index (χ2n) is 5.21. The summed E-state index contributed by atoms with van der Waals surface area (Å²) in [6.07, 6.45) is -0.419. The zero-order chi connectivity index (χ0) is 21.0. The summed E-state index contributed by atoms with van der Waals surface area (Å²) in [4.78, 5) is 67.7. The summed E-state index contributed by atoms with van der Waals surface area (Å²) in [6.45, 7) is -0.666. The van der Waals surface area contributed by atoms with Crippen LogP contribution in [0.5, 0.6) is 0 Å². The van der Waals surface area contributed by atoms with Gasteiger partial charge >= 0.3 is 11.9 Å². The molecule has 0 bridgehead atoms. The van der Waals surface area contributed by atoms with Crippen LogP contribution in [0.4, 0.5) is 0 Å². The fraction of sp³-hybridized carbons (Fsp3) is 0.571. The van der Waals surface area contributed by atoms with Crippen molar-refractivity contribution in [1.29, 1.82) is 0 Å². The summed E-state index contributed by atoms with van der Waals surface area (Å²) in [5.74, 6) is -5.63. The van der Waals surface area contributed by atoms with E-state index in [0.29, 0.717) is 0 Å². The number of carbonyl (C=O) groups is 6. The van der Waals surface area contributed by atoms with Crippen LogP contribution in [0, 0.1) is 0 Å². The average molecular weight is 470 g/mol. The van der Waals surface area contributed by atoms with Gasteiger partial charge in [-0.3, -0.25) is 28.8 Å². The number of hydrogen-bond donors (Lipinski definition) is 5. The van der Waals surface area contributed by atoms with E-state index in [4.69, 9.17) is 15.9 Å². The van der Waals surface area contributed by atoms with E-state index in [0.717, 1.165) is 11.8 Å². The van der Waals surface area contributed by atoms with Gasteiger partial charge in [-0.15, -0.1) is 0 Å². The van der Waals surface area contributed by atoms with Crippen LogP contribution in [-0.4, -0.2) is 81.0 Å². The number of nitrogens with one attached hydrogen (secondary N) is 2. The van der Waals surface area contributed by atoms with Crippen molar-refractivity contribution in [2.45, 2.75) is 24.9 Å². The Bertz CT molecular complexity index is 601. The number of carboxylic acid groups (broad SMARTS) is 2. The topological polar surface area (TPSA) is 193 Å². The van der Waals surface area contributed by atoms with Gasteiger partial charge in [-0.05, 0) is 6.42 Å². The molecule has 0 fully saturated rings. The van der Waals surface area contributed by atoms with Crippen LogP contribution >= 0.6 is 27.7 Å². The van der Waals surface area contributed by atoms with Gasteiger partial charge in [0.1, 0.15) is 18.6 Å². The van der Waals surface area contributed by atoms with Crippen molar-refractivity contribution in [3.05, 3.63) is 0 Å². The Hall–Kier alpha value is -1.99. The molecule has 0 aliphatic carbocycles. The fourth-order valence-corrected chi connectivity index (χ4v) is 2.82. The molecule has 27 heavy (non-hydrogen) atoms. The van der Waals surface area contributed by atoms with Crippen molar-refractivity contribution in [2.24, 2.45) is 5.73 Å². The highest BCUT2D eigenvalue weighted by Crippen LogP contribution is 2.06. The van der Waals surface area contributed by atoms with Crippen molar-refractivity contribution in [1.82, 2.24) is 10.6 Å². The number of nitrogens with two attached hydrogens (primary N) is 1. The molecule has 0 aromatic heterocycles. The number of amides is 2. The van der Waals surface area contributed by atoms with E-state index in [1.807, 2.05) is 0 Å². The summed E-state index contributed by atoms with van der Waals surface area (Å²) in [5, 5.41) is 21.6. The molecular weight excluding hydrogens is 450 g/mol. The van der Waals surface area contributed by atoms with E-state index >= 15 is 0 Å². The van der Waals surface area contributed by atoms with E-state index in [9.17, 15) is 28.8 Å². The van der Waals surface area contributed by atoms with Crippen molar-refractivity contribution >= 4 is 63.0 Å². The van der Waals surface area contributed by atoms with Gasteiger partial charge in [-0.2, -0.15) is 11.8 Å². The molecule has 0 aromatic rings. The minimum Gasteiger partial charge on any atom is -0.480 e. The summed E-state index contributed by atoms with van der Waals surface area (Å²) in [7, 11) is 0. The molecule has 0 aromatic carbocycles. The molecule has 0 aliphatic heterocycles. The molecule has 0 spiro atoms. The maximum Gasteiger partial charge on any atom is 0.322 e. The van der Waals surface area contributed by atoms with Crippen molar-refractivity contribution in [3.8, 4) is 0 Å². The number of hydrogen-bond acceptors (Lipinski definition) is 8. The normalized spacial score (nSPS) is 12.5. The van der Waals surface area contributed by atoms with Crippen LogP contribution in [0.2, 0.25) is 0 Å². The smallest absolute Gasteiger partial charge is 0.322 e. The van der Waals surface area contributed by atoms with Gasteiger partial charge in [0, 0.05) is 12.2 Å². The van der Waals surface area contributed by atoms with E-state index in [1.165, 1.54) is 0 Å². The SMILES string of the molecule is N[C@@H](CCC(=O)N[C@@H](CSCC(=O)C(=O)CBr)C(=O)NCC(=O)O)C(=O)O. The first-order valence-corrected chi connectivity index (χ1v) is 9.83. The molecule has 0 rings (SSSR count). The fourth-order valence-electron chi connectivity index (χ4n) is 1.57. The lowest BCUT2D eigenvalue weighted by Gasteiger charge is -2.18. The third-order valence-electron chi connectivity index (χ3n) is 3.02. The Kier molecular flexibility index (Phi) is 12.2. The number of thioether (sulfide) groups is 1. The van der Waals surface area contributed by atoms with E-state index in [-0.39, 0.29) is 29.7 Å². The third-order valence-corrected chi connectivity index (χ3v) is 4.56. The molecule has 11 nitrogen and oxygen atoms in total. The van der Waals surface area contributed by atoms with Crippen LogP contribution in [0.15, 0.2) is 0 Å². The molecule has 0 saturated heterocycles. The molecule has 6 N–H and O–H groups in total. The first kappa shape index (κ1) is 25.0. The number of Topliss-reactive ketones (excluding diaryl/α,β-unsaturated/α-hetero) is 2. The van der Waals surface area contributed by atoms with Gasteiger partial charge in [-0.25, -0.2) is 0 Å². The van der Waals surface area contributed by atoms with Crippen molar-refractivity contribution in [2.75, 3.05) is 23.4 Å². The Morgan fingerprint density at radius 1 is 1.07 bits per heavy atom. The Morgan fingerprint density at radius 3 is 2.22 bits per heavy atom. The molecule has 0 heterocycles. The highest BCUT2D eigenvalue weighted by molar-refractivity contribution is 9.09. The monoisotopic (exact) mass is 469 g/mol. The molecule has 13 heteroatoms. The molecule has 0 aliphatic rings. The molecule has 0 saturated carbocycles. The highest BCUT2D eigenvalue weighted by Gasteiger charge is 2.23. The minimum absolute atomic E-state index is 0.0938. The average Bonchev–Trinajstić information content (AvgIpc) is 2.61. The van der Waals surface area contributed by atoms with Gasteiger partial charge in [0.2, 0.25) is 23.4 Å². The predicted molar refractivity (Wildman–Crippen MR) is 98.6 cm³/mol. The number of halogens is 1. The Morgan fingerprint density at radius 2 is 1.70 bits per heavy atom. The predicted octanol–water partition coefficient (Wildman–Crippen LogP) is -1.87. The van der Waals surface area contributed by atoms with Gasteiger partial charge in [0.15, 0.2) is 0 Å². The molecule has 152 valence electrons. The summed E-state index contributed by atoms with van der Waals surface area (Å²) < 4.78 is 0. The van der Waals surface area contributed by atoms with Gasteiger partial charge in [-0.1, -0.05) is 15.9 Å². The van der Waals surface area contributed by atoms with Crippen molar-refractivity contribution < 1.29 is 39.0 Å². The lowest BCUT2D eigenvalue weighted by Crippen LogP contribution is -2.49. The summed E-state index contributed by atoms with van der Waals surface area (Å²) >= 11 is 3.77. The minimum atomic E-state index is -1.29. The number of rotatable bonds is 14. The van der Waals surface area contributed by atoms with Gasteiger partial charge in [0.05, 0.1) is 11.1 Å². The molecular formula is C14H20BrN3O8S. The van der Waals surface area contributed by atoms with Crippen LogP contribution in [0.25, 0.3) is 0 Å². The molecule has 2 atom stereocenters. The molecule has 0 unspecified atom stereocenters. The number of aliphatic carboxylic acids is 2. The number of carboxylic acids is 2. The standard InChI is InChI=1S/C14H20BrN3O8S/c15-3-9(19)10(20)6-27-5-8(13(24)17-4-12(22)23)18-11(21)2-1-7(16)14(25)26/h7-8H,1-6,16H2,(H,17,24)(H,18,21)(H,22,23)(H,25,26)/t7-,8-/m0/s1. The van der Waals surface area contributed by atoms with E-state index in [2.05, 4.69) is 26.6 Å². The summed E-state index contributed by atoms with van der Waals surface area (Å²) in [5.41, 5.74) is 5.29. The lowest BCUT2D eigenvalue weighted by molar-refractivity contribution is -0.139. The van der Waals surface area contributed by atoms with Crippen LogP contribution < -0.4 is 16.4 Å². The summed E-state index contributed by atoms with van der Waals surface area (Å²) in [6, 6.07) is -2.41. The Labute approximate surface area is 166 Å². The largest absolute Gasteiger partial charge is 0.480 e. The van der Waals surface area contributed by atoms with E-state index in [1.54, 1.807) is 0 Å². The van der Waals surface area contributed by atoms with Gasteiger partial charge < -0.3 is 26.6 Å². The highest BCUT2D eigenvalue weighted by atomic mass is 79.9. The second-order valence-corrected chi connectivity index (χ2v) is 6.80. The number of ketones is 2. The zero-order valence-electron chi connectivity index (χ0n) is 14.1. The first-order chi connectivity index (χ1) is 12.6. The maximum absolute atomic E-state index is 12.0. The zero-order valence-corrected chi connectivity index (χ0v) is 16.5. The second kappa shape index (κ2) is 13.2. The van der Waals surface area contributed by atoms with E-state index < -0.39 is 53.9 Å². The van der Waals surface area contributed by atoms with Crippen LogP contribution in [0.3, 0.4) is 0 Å². The quantitative estimate of drug-likeness (QED) is 0.142. The number of carbonyl (C=O) groups excluding carboxylic acids is 4.